The normalized spacial score (nSPS) is 16.6. The van der Waals surface area contributed by atoms with Gasteiger partial charge in [-0.05, 0) is 51.3 Å². The maximum Gasteiger partial charge on any atom is 0.258 e. The van der Waals surface area contributed by atoms with Crippen LogP contribution < -0.4 is 5.32 Å². The molecule has 29 heavy (non-hydrogen) atoms. The molecule has 0 aliphatic carbocycles. The van der Waals surface area contributed by atoms with Crippen LogP contribution in [0.3, 0.4) is 0 Å². The first-order valence-corrected chi connectivity index (χ1v) is 10.4. The Morgan fingerprint density at radius 3 is 2.79 bits per heavy atom. The Hall–Kier alpha value is -3.00. The fourth-order valence-corrected chi connectivity index (χ4v) is 4.27. The largest absolute Gasteiger partial charge is 0.469 e. The molecule has 0 bridgehead atoms. The molecule has 8 heteroatoms. The van der Waals surface area contributed by atoms with Gasteiger partial charge in [-0.25, -0.2) is 0 Å². The summed E-state index contributed by atoms with van der Waals surface area (Å²) in [5.41, 5.74) is 2.09. The highest BCUT2D eigenvalue weighted by Crippen LogP contribution is 2.27. The zero-order chi connectivity index (χ0) is 20.4. The van der Waals surface area contributed by atoms with Crippen molar-refractivity contribution >= 4 is 28.8 Å². The van der Waals surface area contributed by atoms with E-state index in [2.05, 4.69) is 15.5 Å². The highest BCUT2D eigenvalue weighted by Gasteiger charge is 2.33. The summed E-state index contributed by atoms with van der Waals surface area (Å²) in [6, 6.07) is 8.69. The summed E-state index contributed by atoms with van der Waals surface area (Å²) in [6.45, 7) is 4.22. The van der Waals surface area contributed by atoms with E-state index in [1.165, 1.54) is 17.6 Å². The lowest BCUT2D eigenvalue weighted by Crippen LogP contribution is -2.50. The van der Waals surface area contributed by atoms with Gasteiger partial charge < -0.3 is 14.6 Å². The minimum atomic E-state index is -0.502. The number of hydrogen-bond acceptors (Lipinski definition) is 6. The van der Waals surface area contributed by atoms with Gasteiger partial charge >= 0.3 is 0 Å². The van der Waals surface area contributed by atoms with Crippen LogP contribution in [0.15, 0.2) is 41.0 Å². The average molecular weight is 410 g/mol. The van der Waals surface area contributed by atoms with Crippen LogP contribution >= 0.6 is 11.3 Å². The van der Waals surface area contributed by atoms with Gasteiger partial charge in [0.25, 0.3) is 5.91 Å². The molecule has 3 heterocycles. The van der Waals surface area contributed by atoms with Crippen molar-refractivity contribution < 1.29 is 14.0 Å². The number of amides is 2. The topological polar surface area (TPSA) is 88.3 Å². The first-order valence-electron chi connectivity index (χ1n) is 9.59. The monoisotopic (exact) mass is 410 g/mol. The molecule has 1 unspecified atom stereocenters. The maximum atomic E-state index is 13.0. The van der Waals surface area contributed by atoms with Crippen molar-refractivity contribution in [2.45, 2.75) is 39.2 Å². The van der Waals surface area contributed by atoms with Crippen molar-refractivity contribution in [2.75, 3.05) is 11.9 Å². The van der Waals surface area contributed by atoms with Crippen molar-refractivity contribution in [3.8, 4) is 10.6 Å². The molecule has 2 aromatic heterocycles. The fraction of sp³-hybridized carbons (Fsp3) is 0.333. The lowest BCUT2D eigenvalue weighted by Gasteiger charge is -2.34. The molecule has 1 N–H and O–H groups in total. The predicted molar refractivity (Wildman–Crippen MR) is 111 cm³/mol. The zero-order valence-corrected chi connectivity index (χ0v) is 17.2. The number of aryl methyl sites for hydroxylation is 2. The summed E-state index contributed by atoms with van der Waals surface area (Å²) in [4.78, 5) is 27.7. The molecule has 1 atom stereocenters. The van der Waals surface area contributed by atoms with E-state index < -0.39 is 6.04 Å². The van der Waals surface area contributed by atoms with E-state index in [-0.39, 0.29) is 11.8 Å². The van der Waals surface area contributed by atoms with Crippen LogP contribution in [0.5, 0.6) is 0 Å². The molecule has 0 radical (unpaired) electrons. The van der Waals surface area contributed by atoms with Gasteiger partial charge in [0.05, 0.1) is 11.8 Å². The molecule has 2 amide bonds. The quantitative estimate of drug-likeness (QED) is 0.701. The van der Waals surface area contributed by atoms with E-state index in [4.69, 9.17) is 4.42 Å². The minimum absolute atomic E-state index is 0.158. The molecule has 0 saturated carbocycles. The Labute approximate surface area is 172 Å². The molecular formula is C21H22N4O3S. The Kier molecular flexibility index (Phi) is 5.44. The summed E-state index contributed by atoms with van der Waals surface area (Å²) in [5, 5.41) is 12.9. The summed E-state index contributed by atoms with van der Waals surface area (Å²) in [7, 11) is 0. The molecule has 150 valence electrons. The first-order chi connectivity index (χ1) is 14.0. The van der Waals surface area contributed by atoms with Gasteiger partial charge in [-0.15, -0.1) is 10.2 Å². The second-order valence-electron chi connectivity index (χ2n) is 7.10. The lowest BCUT2D eigenvalue weighted by atomic mass is 10.00. The molecule has 1 saturated heterocycles. The number of hydrogen-bond donors (Lipinski definition) is 1. The number of anilines is 1. The number of aromatic nitrogens is 2. The van der Waals surface area contributed by atoms with Gasteiger partial charge in [-0.1, -0.05) is 23.5 Å². The number of benzene rings is 1. The van der Waals surface area contributed by atoms with Crippen molar-refractivity contribution in [3.63, 3.8) is 0 Å². The molecular weight excluding hydrogens is 388 g/mol. The van der Waals surface area contributed by atoms with Crippen molar-refractivity contribution in [1.29, 1.82) is 0 Å². The highest BCUT2D eigenvalue weighted by molar-refractivity contribution is 7.14. The number of piperidine rings is 1. The SMILES string of the molecule is Cc1nnc(-c2cccc(NC(=O)C3CCCCN3C(=O)c3ccoc3C)c2)s1. The Bertz CT molecular complexity index is 1040. The third-order valence-corrected chi connectivity index (χ3v) is 5.95. The van der Waals surface area contributed by atoms with Gasteiger partial charge in [0.15, 0.2) is 0 Å². The molecule has 0 spiro atoms. The lowest BCUT2D eigenvalue weighted by molar-refractivity contribution is -0.121. The van der Waals surface area contributed by atoms with E-state index in [0.29, 0.717) is 30.0 Å². The number of nitrogens with zero attached hydrogens (tertiary/aromatic N) is 3. The van der Waals surface area contributed by atoms with Gasteiger partial charge in [0, 0.05) is 17.8 Å². The molecule has 1 aliphatic heterocycles. The van der Waals surface area contributed by atoms with Crippen LogP contribution in [0.1, 0.15) is 40.4 Å². The number of rotatable bonds is 4. The van der Waals surface area contributed by atoms with E-state index in [1.807, 2.05) is 31.2 Å². The van der Waals surface area contributed by atoms with Crippen LogP contribution in [-0.4, -0.2) is 39.5 Å². The zero-order valence-electron chi connectivity index (χ0n) is 16.3. The Morgan fingerprint density at radius 2 is 2.07 bits per heavy atom. The van der Waals surface area contributed by atoms with Gasteiger partial charge in [-0.3, -0.25) is 9.59 Å². The van der Waals surface area contributed by atoms with Crippen LogP contribution in [0.25, 0.3) is 10.6 Å². The number of likely N-dealkylation sites (tertiary alicyclic amines) is 1. The molecule has 1 fully saturated rings. The molecule has 3 aromatic rings. The second-order valence-corrected chi connectivity index (χ2v) is 8.28. The van der Waals surface area contributed by atoms with Crippen molar-refractivity contribution in [2.24, 2.45) is 0 Å². The second kappa shape index (κ2) is 8.16. The summed E-state index contributed by atoms with van der Waals surface area (Å²) in [5.74, 6) is 0.235. The average Bonchev–Trinajstić information content (AvgIpc) is 3.36. The third kappa shape index (κ3) is 4.07. The molecule has 4 rings (SSSR count). The van der Waals surface area contributed by atoms with Crippen molar-refractivity contribution in [3.05, 3.63) is 52.9 Å². The Morgan fingerprint density at radius 1 is 1.21 bits per heavy atom. The number of furan rings is 1. The van der Waals surface area contributed by atoms with Crippen LogP contribution in [0.4, 0.5) is 5.69 Å². The third-order valence-electron chi connectivity index (χ3n) is 5.06. The van der Waals surface area contributed by atoms with Crippen molar-refractivity contribution in [1.82, 2.24) is 15.1 Å². The van der Waals surface area contributed by atoms with E-state index >= 15 is 0 Å². The standard InChI is InChI=1S/C21H22N4O3S/c1-13-17(9-11-28-13)21(27)25-10-4-3-8-18(25)19(26)22-16-7-5-6-15(12-16)20-24-23-14(2)29-20/h5-7,9,11-12,18H,3-4,8,10H2,1-2H3,(H,22,26). The van der Waals surface area contributed by atoms with Gasteiger partial charge in [0.1, 0.15) is 21.8 Å². The smallest absolute Gasteiger partial charge is 0.258 e. The first kappa shape index (κ1) is 19.3. The molecule has 1 aliphatic rings. The maximum absolute atomic E-state index is 13.0. The fourth-order valence-electron chi connectivity index (χ4n) is 3.58. The predicted octanol–water partition coefficient (Wildman–Crippen LogP) is 4.05. The van der Waals surface area contributed by atoms with Gasteiger partial charge in [-0.2, -0.15) is 0 Å². The number of carbonyl (C=O) groups is 2. The van der Waals surface area contributed by atoms with E-state index in [1.54, 1.807) is 17.9 Å². The summed E-state index contributed by atoms with van der Waals surface area (Å²) >= 11 is 1.50. The molecule has 1 aromatic carbocycles. The van der Waals surface area contributed by atoms with Crippen LogP contribution in [0, 0.1) is 13.8 Å². The van der Waals surface area contributed by atoms with Crippen LogP contribution in [-0.2, 0) is 4.79 Å². The summed E-state index contributed by atoms with van der Waals surface area (Å²) in [6.07, 6.45) is 3.95. The van der Waals surface area contributed by atoms with E-state index in [9.17, 15) is 9.59 Å². The highest BCUT2D eigenvalue weighted by atomic mass is 32.1. The Balaban J connectivity index is 1.52. The molecule has 7 nitrogen and oxygen atoms in total. The number of carbonyl (C=O) groups excluding carboxylic acids is 2. The van der Waals surface area contributed by atoms with E-state index in [0.717, 1.165) is 28.4 Å². The van der Waals surface area contributed by atoms with Gasteiger partial charge in [0.2, 0.25) is 5.91 Å². The minimum Gasteiger partial charge on any atom is -0.469 e. The summed E-state index contributed by atoms with van der Waals surface area (Å²) < 4.78 is 5.27. The number of nitrogens with one attached hydrogen (secondary N) is 1. The van der Waals surface area contributed by atoms with Crippen LogP contribution in [0.2, 0.25) is 0 Å².